The molecule has 3 rings (SSSR count). The van der Waals surface area contributed by atoms with Gasteiger partial charge in [0.05, 0.1) is 15.3 Å². The van der Waals surface area contributed by atoms with Gasteiger partial charge in [0.1, 0.15) is 0 Å². The van der Waals surface area contributed by atoms with Gasteiger partial charge in [0, 0.05) is 19.3 Å². The second-order valence-electron chi connectivity index (χ2n) is 5.95. The molecular formula is C15H18Cl2N4OS. The maximum atomic E-state index is 12.6. The van der Waals surface area contributed by atoms with E-state index in [1.807, 2.05) is 11.8 Å². The Hall–Kier alpha value is -0.980. The van der Waals surface area contributed by atoms with Crippen LogP contribution in [-0.4, -0.2) is 43.7 Å². The molecule has 23 heavy (non-hydrogen) atoms. The topological polar surface area (TPSA) is 50.5 Å². The molecule has 2 aromatic rings. The lowest BCUT2D eigenvalue weighted by molar-refractivity contribution is -0.131. The van der Waals surface area contributed by atoms with Gasteiger partial charge in [-0.2, -0.15) is 0 Å². The van der Waals surface area contributed by atoms with Gasteiger partial charge in [0.2, 0.25) is 5.91 Å². The van der Waals surface area contributed by atoms with Crippen molar-refractivity contribution in [3.63, 3.8) is 0 Å². The number of piperidine rings is 1. The molecule has 0 spiro atoms. The summed E-state index contributed by atoms with van der Waals surface area (Å²) in [7, 11) is 0. The molecule has 1 aliphatic heterocycles. The highest BCUT2D eigenvalue weighted by Gasteiger charge is 2.26. The number of hydrogen-bond acceptors (Lipinski definition) is 4. The Morgan fingerprint density at radius 1 is 1.35 bits per heavy atom. The van der Waals surface area contributed by atoms with Crippen LogP contribution >= 0.6 is 35.0 Å². The van der Waals surface area contributed by atoms with Gasteiger partial charge < -0.3 is 4.90 Å². The van der Waals surface area contributed by atoms with Crippen molar-refractivity contribution in [2.45, 2.75) is 37.1 Å². The predicted octanol–water partition coefficient (Wildman–Crippen LogP) is 3.78. The summed E-state index contributed by atoms with van der Waals surface area (Å²) in [6.45, 7) is 5.81. The Kier molecular flexibility index (Phi) is 5.04. The number of fused-ring (bicyclic) bond motifs is 1. The zero-order valence-corrected chi connectivity index (χ0v) is 15.3. The van der Waals surface area contributed by atoms with E-state index in [0.717, 1.165) is 25.9 Å². The number of aromatic nitrogens is 3. The predicted molar refractivity (Wildman–Crippen MR) is 93.3 cm³/mol. The van der Waals surface area contributed by atoms with E-state index in [1.54, 1.807) is 16.7 Å². The molecule has 0 aliphatic carbocycles. The first-order valence-electron chi connectivity index (χ1n) is 7.61. The summed E-state index contributed by atoms with van der Waals surface area (Å²) in [4.78, 5) is 14.5. The van der Waals surface area contributed by atoms with Crippen LogP contribution in [0.15, 0.2) is 17.4 Å². The summed E-state index contributed by atoms with van der Waals surface area (Å²) in [5.74, 6) is 0.846. The standard InChI is InChI=1S/C15H18Cl2N4OS/c1-9-3-5-20(6-4-9)14(22)10(2)23-15-19-18-13-12(17)7-11(16)8-21(13)15/h7-10H,3-6H2,1-2H3/t10-/m1/s1. The molecule has 0 N–H and O–H groups in total. The monoisotopic (exact) mass is 372 g/mol. The molecule has 0 radical (unpaired) electrons. The van der Waals surface area contributed by atoms with Gasteiger partial charge in [-0.25, -0.2) is 0 Å². The van der Waals surface area contributed by atoms with Gasteiger partial charge in [0.15, 0.2) is 10.8 Å². The quantitative estimate of drug-likeness (QED) is 0.769. The van der Waals surface area contributed by atoms with Crippen LogP contribution in [0.1, 0.15) is 26.7 Å². The highest BCUT2D eigenvalue weighted by atomic mass is 35.5. The summed E-state index contributed by atoms with van der Waals surface area (Å²) in [5, 5.41) is 9.56. The SMILES string of the molecule is CC1CCN(C(=O)[C@@H](C)Sc2nnc3c(Cl)cc(Cl)cn23)CC1. The number of carbonyl (C=O) groups excluding carboxylic acids is 1. The number of amides is 1. The van der Waals surface area contributed by atoms with E-state index in [-0.39, 0.29) is 11.2 Å². The van der Waals surface area contributed by atoms with Crippen LogP contribution < -0.4 is 0 Å². The third kappa shape index (κ3) is 3.59. The number of halogens is 2. The maximum absolute atomic E-state index is 12.6. The molecule has 0 aromatic carbocycles. The van der Waals surface area contributed by atoms with E-state index < -0.39 is 0 Å². The highest BCUT2D eigenvalue weighted by molar-refractivity contribution is 8.00. The Morgan fingerprint density at radius 3 is 2.74 bits per heavy atom. The number of pyridine rings is 1. The number of rotatable bonds is 3. The molecule has 1 saturated heterocycles. The third-order valence-corrected chi connectivity index (χ3v) is 5.65. The fourth-order valence-electron chi connectivity index (χ4n) is 2.68. The first-order valence-corrected chi connectivity index (χ1v) is 9.24. The molecular weight excluding hydrogens is 355 g/mol. The smallest absolute Gasteiger partial charge is 0.235 e. The summed E-state index contributed by atoms with van der Waals surface area (Å²) in [6.07, 6.45) is 3.86. The van der Waals surface area contributed by atoms with Crippen molar-refractivity contribution >= 4 is 46.5 Å². The average Bonchev–Trinajstić information content (AvgIpc) is 2.90. The minimum Gasteiger partial charge on any atom is -0.342 e. The Bertz CT molecular complexity index is 728. The van der Waals surface area contributed by atoms with Gasteiger partial charge in [-0.1, -0.05) is 41.9 Å². The molecule has 3 heterocycles. The molecule has 124 valence electrons. The fourth-order valence-corrected chi connectivity index (χ4v) is 4.09. The molecule has 2 aromatic heterocycles. The molecule has 0 saturated carbocycles. The summed E-state index contributed by atoms with van der Waals surface area (Å²) >= 11 is 13.5. The number of carbonyl (C=O) groups is 1. The maximum Gasteiger partial charge on any atom is 0.235 e. The molecule has 1 aliphatic rings. The zero-order chi connectivity index (χ0) is 16.6. The number of thioether (sulfide) groups is 1. The average molecular weight is 373 g/mol. The first-order chi connectivity index (χ1) is 11.0. The molecule has 0 bridgehead atoms. The van der Waals surface area contributed by atoms with E-state index in [9.17, 15) is 4.79 Å². The van der Waals surface area contributed by atoms with E-state index in [1.165, 1.54) is 11.8 Å². The molecule has 1 amide bonds. The van der Waals surface area contributed by atoms with Crippen LogP contribution in [-0.2, 0) is 4.79 Å². The lowest BCUT2D eigenvalue weighted by atomic mass is 9.99. The first kappa shape index (κ1) is 16.9. The zero-order valence-electron chi connectivity index (χ0n) is 13.0. The van der Waals surface area contributed by atoms with Crippen molar-refractivity contribution in [2.75, 3.05) is 13.1 Å². The lowest BCUT2D eigenvalue weighted by Gasteiger charge is -2.31. The molecule has 1 atom stereocenters. The number of likely N-dealkylation sites (tertiary alicyclic amines) is 1. The van der Waals surface area contributed by atoms with Gasteiger partial charge >= 0.3 is 0 Å². The normalized spacial score (nSPS) is 17.7. The van der Waals surface area contributed by atoms with Crippen LogP contribution in [0.25, 0.3) is 5.65 Å². The van der Waals surface area contributed by atoms with Crippen LogP contribution in [0.5, 0.6) is 0 Å². The van der Waals surface area contributed by atoms with Gasteiger partial charge in [-0.15, -0.1) is 10.2 Å². The van der Waals surface area contributed by atoms with Crippen LogP contribution in [0, 0.1) is 5.92 Å². The number of nitrogens with zero attached hydrogens (tertiary/aromatic N) is 4. The van der Waals surface area contributed by atoms with E-state index in [4.69, 9.17) is 23.2 Å². The van der Waals surface area contributed by atoms with E-state index in [2.05, 4.69) is 17.1 Å². The van der Waals surface area contributed by atoms with Crippen molar-refractivity contribution < 1.29 is 4.79 Å². The number of hydrogen-bond donors (Lipinski definition) is 0. The molecule has 5 nitrogen and oxygen atoms in total. The summed E-state index contributed by atoms with van der Waals surface area (Å²) in [6, 6.07) is 1.63. The van der Waals surface area contributed by atoms with E-state index >= 15 is 0 Å². The van der Waals surface area contributed by atoms with Crippen molar-refractivity contribution in [3.05, 3.63) is 22.3 Å². The van der Waals surface area contributed by atoms with Crippen molar-refractivity contribution in [3.8, 4) is 0 Å². The van der Waals surface area contributed by atoms with Crippen LogP contribution in [0.3, 0.4) is 0 Å². The summed E-state index contributed by atoms with van der Waals surface area (Å²) in [5.41, 5.74) is 0.546. The van der Waals surface area contributed by atoms with Crippen molar-refractivity contribution in [2.24, 2.45) is 5.92 Å². The van der Waals surface area contributed by atoms with E-state index in [0.29, 0.717) is 26.8 Å². The largest absolute Gasteiger partial charge is 0.342 e. The second-order valence-corrected chi connectivity index (χ2v) is 8.10. The Balaban J connectivity index is 1.75. The Morgan fingerprint density at radius 2 is 2.04 bits per heavy atom. The second kappa shape index (κ2) is 6.87. The van der Waals surface area contributed by atoms with Crippen molar-refractivity contribution in [1.82, 2.24) is 19.5 Å². The summed E-state index contributed by atoms with van der Waals surface area (Å²) < 4.78 is 1.73. The highest BCUT2D eigenvalue weighted by Crippen LogP contribution is 2.28. The molecule has 8 heteroatoms. The van der Waals surface area contributed by atoms with Crippen LogP contribution in [0.4, 0.5) is 0 Å². The van der Waals surface area contributed by atoms with Crippen molar-refractivity contribution in [1.29, 1.82) is 0 Å². The minimum atomic E-state index is -0.228. The van der Waals surface area contributed by atoms with Gasteiger partial charge in [-0.05, 0) is 31.7 Å². The third-order valence-electron chi connectivity index (χ3n) is 4.12. The van der Waals surface area contributed by atoms with Gasteiger partial charge in [0.25, 0.3) is 0 Å². The molecule has 0 unspecified atom stereocenters. The minimum absolute atomic E-state index is 0.145. The fraction of sp³-hybridized carbons (Fsp3) is 0.533. The lowest BCUT2D eigenvalue weighted by Crippen LogP contribution is -2.41. The molecule has 1 fully saturated rings. The van der Waals surface area contributed by atoms with Crippen LogP contribution in [0.2, 0.25) is 10.0 Å². The van der Waals surface area contributed by atoms with Gasteiger partial charge in [-0.3, -0.25) is 9.20 Å². The Labute approximate surface area is 149 Å².